The fourth-order valence-electron chi connectivity index (χ4n) is 2.68. The zero-order valence-electron chi connectivity index (χ0n) is 18.2. The molecule has 0 heterocycles. The van der Waals surface area contributed by atoms with Gasteiger partial charge in [0.25, 0.3) is 0 Å². The van der Waals surface area contributed by atoms with Crippen LogP contribution >= 0.6 is 23.4 Å². The van der Waals surface area contributed by atoms with Gasteiger partial charge in [-0.2, -0.15) is 5.26 Å². The Balaban J connectivity index is 2.74. The van der Waals surface area contributed by atoms with Crippen molar-refractivity contribution in [3.63, 3.8) is 0 Å². The Kier molecular flexibility index (Phi) is 9.12. The van der Waals surface area contributed by atoms with Crippen molar-refractivity contribution in [1.82, 2.24) is 0 Å². The Morgan fingerprint density at radius 1 is 1.09 bits per heavy atom. The number of ether oxygens (including phenoxy) is 3. The third kappa shape index (κ3) is 5.61. The van der Waals surface area contributed by atoms with Crippen LogP contribution in [0.2, 0.25) is 5.02 Å². The van der Waals surface area contributed by atoms with Gasteiger partial charge in [0.1, 0.15) is 10.8 Å². The number of carbonyl (C=O) groups excluding carboxylic acids is 2. The van der Waals surface area contributed by atoms with Crippen molar-refractivity contribution < 1.29 is 23.8 Å². The molecule has 0 aliphatic heterocycles. The molecule has 9 heteroatoms. The first-order valence-corrected chi connectivity index (χ1v) is 11.4. The Labute approximate surface area is 196 Å². The molecule has 0 aromatic heterocycles. The first-order chi connectivity index (χ1) is 15.3. The first kappa shape index (κ1) is 25.2. The van der Waals surface area contributed by atoms with E-state index in [-0.39, 0.29) is 34.7 Å². The van der Waals surface area contributed by atoms with Gasteiger partial charge in [-0.25, -0.2) is 14.6 Å². The summed E-state index contributed by atoms with van der Waals surface area (Å²) >= 11 is 7.30. The van der Waals surface area contributed by atoms with E-state index in [4.69, 9.17) is 31.1 Å². The summed E-state index contributed by atoms with van der Waals surface area (Å²) in [6.45, 7) is 5.16. The molecule has 0 saturated carbocycles. The minimum atomic E-state index is -2.31. The van der Waals surface area contributed by atoms with Crippen LogP contribution in [0.15, 0.2) is 47.5 Å². The average molecular weight is 475 g/mol. The van der Waals surface area contributed by atoms with Gasteiger partial charge in [-0.15, -0.1) is 11.8 Å². The molecule has 2 rings (SSSR count). The van der Waals surface area contributed by atoms with E-state index < -0.39 is 17.5 Å². The Morgan fingerprint density at radius 3 is 2.16 bits per heavy atom. The van der Waals surface area contributed by atoms with Gasteiger partial charge in [0.05, 0.1) is 35.6 Å². The van der Waals surface area contributed by atoms with E-state index in [1.165, 1.54) is 18.2 Å². The number of carbonyl (C=O) groups is 2. The first-order valence-electron chi connectivity index (χ1n) is 9.75. The van der Waals surface area contributed by atoms with Gasteiger partial charge in [0.2, 0.25) is 0 Å². The monoisotopic (exact) mass is 474 g/mol. The molecular formula is C23H23ClN2O5S. The molecule has 0 bridgehead atoms. The second kappa shape index (κ2) is 11.6. The van der Waals surface area contributed by atoms with Crippen LogP contribution in [0.5, 0.6) is 5.75 Å². The predicted octanol–water partition coefficient (Wildman–Crippen LogP) is 4.86. The fraction of sp³-hybridized carbons (Fsp3) is 0.304. The van der Waals surface area contributed by atoms with Gasteiger partial charge in [-0.05, 0) is 57.4 Å². The zero-order valence-corrected chi connectivity index (χ0v) is 19.7. The smallest absolute Gasteiger partial charge is 0.369 e. The van der Waals surface area contributed by atoms with Crippen LogP contribution in [-0.2, 0) is 19.1 Å². The standard InChI is InChI=1S/C23H23ClN2O5S/c1-5-29-21(27)23(22(28)30-6-2,31-17-10-7-15(3)8-11-17)20(32-4)26-19-12-9-16(14-25)13-18(19)24/h7-13H,5-6H2,1-4H3. The SMILES string of the molecule is CCOC(=O)C(Oc1ccc(C)cc1)(C(=O)OCC)C(=Nc1ccc(C#N)cc1Cl)SC. The van der Waals surface area contributed by atoms with Crippen LogP contribution in [0.4, 0.5) is 5.69 Å². The molecule has 0 aliphatic rings. The van der Waals surface area contributed by atoms with Crippen molar-refractivity contribution in [2.75, 3.05) is 19.5 Å². The molecule has 168 valence electrons. The minimum absolute atomic E-state index is 0.0104. The van der Waals surface area contributed by atoms with Crippen LogP contribution < -0.4 is 4.74 Å². The van der Waals surface area contributed by atoms with E-state index >= 15 is 0 Å². The molecule has 0 N–H and O–H groups in total. The number of aryl methyl sites for hydroxylation is 1. The van der Waals surface area contributed by atoms with Crippen LogP contribution in [-0.4, -0.2) is 42.1 Å². The maximum absolute atomic E-state index is 13.2. The minimum Gasteiger partial charge on any atom is -0.462 e. The highest BCUT2D eigenvalue weighted by Gasteiger charge is 2.57. The summed E-state index contributed by atoms with van der Waals surface area (Å²) in [5, 5.41) is 9.21. The van der Waals surface area contributed by atoms with Crippen molar-refractivity contribution >= 4 is 46.0 Å². The summed E-state index contributed by atoms with van der Waals surface area (Å²) in [5.41, 5.74) is -0.741. The number of benzene rings is 2. The van der Waals surface area contributed by atoms with E-state index in [9.17, 15) is 9.59 Å². The lowest BCUT2D eigenvalue weighted by atomic mass is 10.0. The molecular weight excluding hydrogens is 452 g/mol. The maximum Gasteiger partial charge on any atom is 0.369 e. The molecule has 2 aromatic rings. The van der Waals surface area contributed by atoms with Crippen molar-refractivity contribution in [3.8, 4) is 11.8 Å². The van der Waals surface area contributed by atoms with Crippen molar-refractivity contribution in [3.05, 3.63) is 58.6 Å². The molecule has 0 amide bonds. The van der Waals surface area contributed by atoms with E-state index in [0.717, 1.165) is 17.3 Å². The molecule has 0 radical (unpaired) electrons. The largest absolute Gasteiger partial charge is 0.462 e. The van der Waals surface area contributed by atoms with E-state index in [0.29, 0.717) is 5.56 Å². The summed E-state index contributed by atoms with van der Waals surface area (Å²) in [7, 11) is 0. The lowest BCUT2D eigenvalue weighted by molar-refractivity contribution is -0.171. The Hall–Kier alpha value is -3.02. The van der Waals surface area contributed by atoms with E-state index in [1.54, 1.807) is 44.4 Å². The number of hydrogen-bond acceptors (Lipinski definition) is 8. The normalized spacial score (nSPS) is 11.4. The van der Waals surface area contributed by atoms with Crippen molar-refractivity contribution in [2.45, 2.75) is 26.4 Å². The van der Waals surface area contributed by atoms with Gasteiger partial charge in [-0.1, -0.05) is 29.3 Å². The van der Waals surface area contributed by atoms with E-state index in [1.807, 2.05) is 13.0 Å². The molecule has 0 unspecified atom stereocenters. The summed E-state index contributed by atoms with van der Waals surface area (Å²) in [6.07, 6.45) is 1.64. The number of esters is 2. The second-order valence-electron chi connectivity index (χ2n) is 6.44. The van der Waals surface area contributed by atoms with Gasteiger partial charge >= 0.3 is 17.5 Å². The third-order valence-electron chi connectivity index (χ3n) is 4.21. The number of halogens is 1. The number of rotatable bonds is 8. The summed E-state index contributed by atoms with van der Waals surface area (Å²) in [6, 6.07) is 13.3. The van der Waals surface area contributed by atoms with E-state index in [2.05, 4.69) is 4.99 Å². The molecule has 0 atom stereocenters. The molecule has 0 fully saturated rings. The van der Waals surface area contributed by atoms with Gasteiger partial charge in [0.15, 0.2) is 0 Å². The molecule has 32 heavy (non-hydrogen) atoms. The highest BCUT2D eigenvalue weighted by atomic mass is 35.5. The number of hydrogen-bond donors (Lipinski definition) is 0. The van der Waals surface area contributed by atoms with Crippen LogP contribution in [0.3, 0.4) is 0 Å². The quantitative estimate of drug-likeness (QED) is 0.233. The number of thioether (sulfide) groups is 1. The summed E-state index contributed by atoms with van der Waals surface area (Å²) in [4.78, 5) is 30.9. The topological polar surface area (TPSA) is 98.0 Å². The fourth-order valence-corrected chi connectivity index (χ4v) is 3.59. The zero-order chi connectivity index (χ0) is 23.7. The van der Waals surface area contributed by atoms with Gasteiger partial charge in [-0.3, -0.25) is 0 Å². The Bertz CT molecular complexity index is 1030. The van der Waals surface area contributed by atoms with Crippen molar-refractivity contribution in [1.29, 1.82) is 5.26 Å². The third-order valence-corrected chi connectivity index (χ3v) is 5.28. The molecule has 0 spiro atoms. The number of aliphatic imine (C=N–C) groups is 1. The second-order valence-corrected chi connectivity index (χ2v) is 7.64. The lowest BCUT2D eigenvalue weighted by Crippen LogP contribution is -2.58. The molecule has 0 saturated heterocycles. The van der Waals surface area contributed by atoms with Crippen molar-refractivity contribution in [2.24, 2.45) is 4.99 Å². The molecule has 7 nitrogen and oxygen atoms in total. The molecule has 2 aromatic carbocycles. The van der Waals surface area contributed by atoms with Crippen LogP contribution in [0, 0.1) is 18.3 Å². The highest BCUT2D eigenvalue weighted by molar-refractivity contribution is 8.13. The average Bonchev–Trinajstić information content (AvgIpc) is 2.78. The van der Waals surface area contributed by atoms with Crippen LogP contribution in [0.1, 0.15) is 25.0 Å². The predicted molar refractivity (Wildman–Crippen MR) is 125 cm³/mol. The highest BCUT2D eigenvalue weighted by Crippen LogP contribution is 2.33. The molecule has 0 aliphatic carbocycles. The summed E-state index contributed by atoms with van der Waals surface area (Å²) < 4.78 is 16.4. The maximum atomic E-state index is 13.2. The Morgan fingerprint density at radius 2 is 1.69 bits per heavy atom. The van der Waals surface area contributed by atoms with Gasteiger partial charge in [0, 0.05) is 0 Å². The van der Waals surface area contributed by atoms with Gasteiger partial charge < -0.3 is 14.2 Å². The lowest BCUT2D eigenvalue weighted by Gasteiger charge is -2.30. The number of nitriles is 1. The number of nitrogens with zero attached hydrogens (tertiary/aromatic N) is 2. The van der Waals surface area contributed by atoms with Crippen LogP contribution in [0.25, 0.3) is 0 Å². The summed E-state index contributed by atoms with van der Waals surface area (Å²) in [5.74, 6) is -1.67.